The van der Waals surface area contributed by atoms with Crippen LogP contribution in [-0.4, -0.2) is 31.8 Å². The summed E-state index contributed by atoms with van der Waals surface area (Å²) >= 11 is 5.80. The third-order valence-corrected chi connectivity index (χ3v) is 4.41. The van der Waals surface area contributed by atoms with Crippen molar-refractivity contribution in [3.8, 4) is 11.3 Å². The number of aryl methyl sites for hydroxylation is 1. The van der Waals surface area contributed by atoms with E-state index in [2.05, 4.69) is 61.0 Å². The summed E-state index contributed by atoms with van der Waals surface area (Å²) in [6.45, 7) is 2.56. The standard InChI is InChI=1S/C15H18BrIN2O2/c1-20-8-7-18-6-2-3-15-19-10-14(21-15)12-9-11(16)4-5-13(12)17/h4-5,9-10,18H,2-3,6-8H2,1H3. The Morgan fingerprint density at radius 1 is 1.38 bits per heavy atom. The van der Waals surface area contributed by atoms with Crippen molar-refractivity contribution in [1.82, 2.24) is 10.3 Å². The van der Waals surface area contributed by atoms with E-state index in [0.29, 0.717) is 0 Å². The predicted molar refractivity (Wildman–Crippen MR) is 95.4 cm³/mol. The van der Waals surface area contributed by atoms with Gasteiger partial charge in [0.25, 0.3) is 0 Å². The quantitative estimate of drug-likeness (QED) is 0.475. The van der Waals surface area contributed by atoms with Crippen LogP contribution in [0, 0.1) is 3.57 Å². The fourth-order valence-corrected chi connectivity index (χ4v) is 2.86. The second kappa shape index (κ2) is 8.87. The Hall–Kier alpha value is -0.440. The van der Waals surface area contributed by atoms with E-state index in [0.717, 1.165) is 57.8 Å². The molecular weight excluding hydrogens is 447 g/mol. The Morgan fingerprint density at radius 2 is 2.24 bits per heavy atom. The highest BCUT2D eigenvalue weighted by Gasteiger charge is 2.10. The number of aromatic nitrogens is 1. The summed E-state index contributed by atoms with van der Waals surface area (Å²) in [5.74, 6) is 1.61. The number of hydrogen-bond donors (Lipinski definition) is 1. The first kappa shape index (κ1) is 16.9. The van der Waals surface area contributed by atoms with Crippen LogP contribution in [0.25, 0.3) is 11.3 Å². The highest BCUT2D eigenvalue weighted by molar-refractivity contribution is 14.1. The molecule has 2 rings (SSSR count). The van der Waals surface area contributed by atoms with E-state index in [4.69, 9.17) is 9.15 Å². The lowest BCUT2D eigenvalue weighted by Gasteiger charge is -2.02. The van der Waals surface area contributed by atoms with Crippen molar-refractivity contribution < 1.29 is 9.15 Å². The monoisotopic (exact) mass is 464 g/mol. The molecule has 0 aliphatic heterocycles. The third-order valence-electron chi connectivity index (χ3n) is 2.97. The molecule has 0 spiro atoms. The zero-order valence-corrected chi connectivity index (χ0v) is 15.6. The molecule has 0 fully saturated rings. The van der Waals surface area contributed by atoms with Crippen LogP contribution in [0.1, 0.15) is 12.3 Å². The molecule has 1 aromatic heterocycles. The molecule has 0 atom stereocenters. The van der Waals surface area contributed by atoms with Gasteiger partial charge in [-0.1, -0.05) is 15.9 Å². The lowest BCUT2D eigenvalue weighted by atomic mass is 10.2. The number of benzene rings is 1. The van der Waals surface area contributed by atoms with Crippen molar-refractivity contribution in [3.63, 3.8) is 0 Å². The molecule has 1 aromatic carbocycles. The topological polar surface area (TPSA) is 47.3 Å². The number of nitrogens with zero attached hydrogens (tertiary/aromatic N) is 1. The van der Waals surface area contributed by atoms with Gasteiger partial charge in [0, 0.05) is 33.7 Å². The van der Waals surface area contributed by atoms with Gasteiger partial charge in [-0.2, -0.15) is 0 Å². The van der Waals surface area contributed by atoms with Crippen LogP contribution in [0.4, 0.5) is 0 Å². The van der Waals surface area contributed by atoms with E-state index < -0.39 is 0 Å². The van der Waals surface area contributed by atoms with Gasteiger partial charge in [0.15, 0.2) is 11.7 Å². The molecule has 0 saturated carbocycles. The summed E-state index contributed by atoms with van der Waals surface area (Å²) in [5.41, 5.74) is 1.07. The first-order valence-corrected chi connectivity index (χ1v) is 8.67. The lowest BCUT2D eigenvalue weighted by molar-refractivity contribution is 0.199. The minimum absolute atomic E-state index is 0.741. The van der Waals surface area contributed by atoms with Gasteiger partial charge in [0.1, 0.15) is 0 Å². The number of rotatable bonds is 8. The number of methoxy groups -OCH3 is 1. The normalized spacial score (nSPS) is 11.0. The number of hydrogen-bond acceptors (Lipinski definition) is 4. The van der Waals surface area contributed by atoms with Crippen molar-refractivity contribution >= 4 is 38.5 Å². The zero-order valence-electron chi connectivity index (χ0n) is 11.9. The Morgan fingerprint density at radius 3 is 3.05 bits per heavy atom. The molecule has 2 aromatic rings. The Bertz CT molecular complexity index is 575. The molecule has 0 bridgehead atoms. The molecule has 0 saturated heterocycles. The van der Waals surface area contributed by atoms with Crippen LogP contribution < -0.4 is 5.32 Å². The summed E-state index contributed by atoms with van der Waals surface area (Å²) in [6, 6.07) is 6.13. The van der Waals surface area contributed by atoms with Gasteiger partial charge in [0.2, 0.25) is 0 Å². The SMILES string of the molecule is COCCNCCCc1ncc(-c2cc(Br)ccc2I)o1. The molecule has 0 aliphatic carbocycles. The molecule has 1 N–H and O–H groups in total. The smallest absolute Gasteiger partial charge is 0.194 e. The Kier molecular flexibility index (Phi) is 7.15. The van der Waals surface area contributed by atoms with Crippen molar-refractivity contribution in [1.29, 1.82) is 0 Å². The molecule has 0 amide bonds. The Balaban J connectivity index is 1.88. The van der Waals surface area contributed by atoms with E-state index in [1.54, 1.807) is 13.3 Å². The van der Waals surface area contributed by atoms with Gasteiger partial charge in [-0.15, -0.1) is 0 Å². The first-order valence-electron chi connectivity index (χ1n) is 6.80. The number of nitrogens with one attached hydrogen (secondary N) is 1. The minimum Gasteiger partial charge on any atom is -0.441 e. The van der Waals surface area contributed by atoms with Crippen molar-refractivity contribution in [3.05, 3.63) is 38.3 Å². The van der Waals surface area contributed by atoms with Crippen LogP contribution in [0.2, 0.25) is 0 Å². The summed E-state index contributed by atoms with van der Waals surface area (Å²) in [4.78, 5) is 4.36. The van der Waals surface area contributed by atoms with Crippen LogP contribution in [-0.2, 0) is 11.2 Å². The number of oxazole rings is 1. The maximum atomic E-state index is 5.84. The third kappa shape index (κ3) is 5.36. The van der Waals surface area contributed by atoms with E-state index in [9.17, 15) is 0 Å². The summed E-state index contributed by atoms with van der Waals surface area (Å²) in [5, 5.41) is 3.31. The zero-order chi connectivity index (χ0) is 15.1. The van der Waals surface area contributed by atoms with Crippen molar-refractivity contribution in [2.45, 2.75) is 12.8 Å². The van der Waals surface area contributed by atoms with Crippen LogP contribution in [0.3, 0.4) is 0 Å². The highest BCUT2D eigenvalue weighted by atomic mass is 127. The van der Waals surface area contributed by atoms with Gasteiger partial charge >= 0.3 is 0 Å². The van der Waals surface area contributed by atoms with Crippen LogP contribution >= 0.6 is 38.5 Å². The van der Waals surface area contributed by atoms with Crippen LogP contribution in [0.15, 0.2) is 33.3 Å². The van der Waals surface area contributed by atoms with Gasteiger partial charge in [-0.3, -0.25) is 0 Å². The van der Waals surface area contributed by atoms with E-state index in [1.165, 1.54) is 0 Å². The lowest BCUT2D eigenvalue weighted by Crippen LogP contribution is -2.20. The highest BCUT2D eigenvalue weighted by Crippen LogP contribution is 2.29. The average Bonchev–Trinajstić information content (AvgIpc) is 2.94. The molecular formula is C15H18BrIN2O2. The second-order valence-electron chi connectivity index (χ2n) is 4.59. The van der Waals surface area contributed by atoms with Crippen LogP contribution in [0.5, 0.6) is 0 Å². The molecule has 4 nitrogen and oxygen atoms in total. The summed E-state index contributed by atoms with van der Waals surface area (Å²) < 4.78 is 13.0. The number of halogens is 2. The Labute approximate surface area is 146 Å². The molecule has 0 unspecified atom stereocenters. The largest absolute Gasteiger partial charge is 0.441 e. The molecule has 114 valence electrons. The summed E-state index contributed by atoms with van der Waals surface area (Å²) in [7, 11) is 1.71. The first-order chi connectivity index (χ1) is 10.2. The fourth-order valence-electron chi connectivity index (χ4n) is 1.90. The van der Waals surface area contributed by atoms with Gasteiger partial charge < -0.3 is 14.5 Å². The maximum Gasteiger partial charge on any atom is 0.194 e. The molecule has 0 radical (unpaired) electrons. The van der Waals surface area contributed by atoms with Crippen molar-refractivity contribution in [2.24, 2.45) is 0 Å². The summed E-state index contributed by atoms with van der Waals surface area (Å²) in [6.07, 6.45) is 3.64. The number of ether oxygens (including phenoxy) is 1. The van der Waals surface area contributed by atoms with E-state index in [-0.39, 0.29) is 0 Å². The minimum atomic E-state index is 0.741. The second-order valence-corrected chi connectivity index (χ2v) is 6.67. The maximum absolute atomic E-state index is 5.84. The molecule has 1 heterocycles. The van der Waals surface area contributed by atoms with E-state index >= 15 is 0 Å². The van der Waals surface area contributed by atoms with Crippen molar-refractivity contribution in [2.75, 3.05) is 26.8 Å². The molecule has 21 heavy (non-hydrogen) atoms. The van der Waals surface area contributed by atoms with E-state index in [1.807, 2.05) is 6.07 Å². The fraction of sp³-hybridized carbons (Fsp3) is 0.400. The molecule has 6 heteroatoms. The van der Waals surface area contributed by atoms with Gasteiger partial charge in [0.05, 0.1) is 12.8 Å². The predicted octanol–water partition coefficient (Wildman–Crippen LogP) is 3.88. The average molecular weight is 465 g/mol. The molecule has 0 aliphatic rings. The van der Waals surface area contributed by atoms with Gasteiger partial charge in [-0.25, -0.2) is 4.98 Å². The van der Waals surface area contributed by atoms with Gasteiger partial charge in [-0.05, 0) is 53.8 Å².